The van der Waals surface area contributed by atoms with Crippen LogP contribution < -0.4 is 10.1 Å². The minimum atomic E-state index is -0.784. The van der Waals surface area contributed by atoms with Gasteiger partial charge in [-0.25, -0.2) is 4.79 Å². The third kappa shape index (κ3) is 4.71. The van der Waals surface area contributed by atoms with Crippen LogP contribution in [0.2, 0.25) is 5.02 Å². The Morgan fingerprint density at radius 3 is 2.52 bits per heavy atom. The number of anilines is 1. The maximum Gasteiger partial charge on any atom is 0.321 e. The topological polar surface area (TPSA) is 60.0 Å². The Bertz CT molecular complexity index is 777. The monoisotopic (exact) mass is 390 g/mol. The third-order valence-electron chi connectivity index (χ3n) is 4.25. The first-order valence-corrected chi connectivity index (χ1v) is 9.12. The van der Waals surface area contributed by atoms with Gasteiger partial charge in [0, 0.05) is 31.8 Å². The molecule has 0 aromatic heterocycles. The number of urea groups is 1. The number of rotatable bonds is 6. The highest BCUT2D eigenvalue weighted by molar-refractivity contribution is 6.32. The quantitative estimate of drug-likeness (QED) is 0.806. The van der Waals surface area contributed by atoms with Crippen LogP contribution in [0.1, 0.15) is 12.0 Å². The molecule has 1 N–H and O–H groups in total. The predicted molar refractivity (Wildman–Crippen MR) is 104 cm³/mol. The molecule has 2 aromatic rings. The summed E-state index contributed by atoms with van der Waals surface area (Å²) >= 11 is 6.29. The summed E-state index contributed by atoms with van der Waals surface area (Å²) < 4.78 is 17.6. The minimum absolute atomic E-state index is 0.222. The molecule has 3 rings (SSSR count). The normalized spacial score (nSPS) is 15.4. The van der Waals surface area contributed by atoms with Gasteiger partial charge >= 0.3 is 6.03 Å². The average molecular weight is 391 g/mol. The highest BCUT2D eigenvalue weighted by Crippen LogP contribution is 2.35. The van der Waals surface area contributed by atoms with Gasteiger partial charge in [-0.15, -0.1) is 0 Å². The van der Waals surface area contributed by atoms with Gasteiger partial charge in [0.1, 0.15) is 5.75 Å². The number of carbonyl (C=O) groups excluding carboxylic acids is 1. The molecule has 1 heterocycles. The van der Waals surface area contributed by atoms with Gasteiger partial charge in [-0.05, 0) is 18.2 Å². The summed E-state index contributed by atoms with van der Waals surface area (Å²) in [6.07, 6.45) is 0.534. The molecule has 1 aliphatic rings. The van der Waals surface area contributed by atoms with Gasteiger partial charge in [-0.2, -0.15) is 0 Å². The van der Waals surface area contributed by atoms with Gasteiger partial charge in [-0.1, -0.05) is 41.9 Å². The molecule has 0 radical (unpaired) electrons. The van der Waals surface area contributed by atoms with Gasteiger partial charge in [0.05, 0.1) is 24.8 Å². The van der Waals surface area contributed by atoms with Crippen molar-refractivity contribution in [3.63, 3.8) is 0 Å². The van der Waals surface area contributed by atoms with Crippen molar-refractivity contribution < 1.29 is 19.0 Å². The molecule has 0 saturated carbocycles. The maximum absolute atomic E-state index is 11.7. The lowest BCUT2D eigenvalue weighted by Gasteiger charge is -2.28. The molecular weight excluding hydrogens is 368 g/mol. The van der Waals surface area contributed by atoms with Crippen LogP contribution in [-0.2, 0) is 15.3 Å². The number of hydrogen-bond donors (Lipinski definition) is 1. The van der Waals surface area contributed by atoms with Crippen molar-refractivity contribution in [2.24, 2.45) is 0 Å². The molecule has 2 amide bonds. The van der Waals surface area contributed by atoms with E-state index in [1.54, 1.807) is 32.3 Å². The molecule has 0 aliphatic carbocycles. The van der Waals surface area contributed by atoms with Crippen molar-refractivity contribution in [2.45, 2.75) is 12.2 Å². The molecule has 1 aliphatic heterocycles. The van der Waals surface area contributed by atoms with Crippen molar-refractivity contribution in [1.82, 2.24) is 4.90 Å². The third-order valence-corrected chi connectivity index (χ3v) is 4.54. The lowest BCUT2D eigenvalue weighted by Crippen LogP contribution is -2.29. The zero-order chi connectivity index (χ0) is 19.3. The maximum atomic E-state index is 11.7. The van der Waals surface area contributed by atoms with E-state index in [9.17, 15) is 4.79 Å². The zero-order valence-electron chi connectivity index (χ0n) is 15.4. The fourth-order valence-electron chi connectivity index (χ4n) is 2.83. The summed E-state index contributed by atoms with van der Waals surface area (Å²) in [5, 5.41) is 3.17. The van der Waals surface area contributed by atoms with Crippen molar-refractivity contribution in [2.75, 3.05) is 39.2 Å². The summed E-state index contributed by atoms with van der Waals surface area (Å²) in [6.45, 7) is 1.48. The summed E-state index contributed by atoms with van der Waals surface area (Å²) in [7, 11) is 3.34. The van der Waals surface area contributed by atoms with E-state index < -0.39 is 5.79 Å². The fourth-order valence-corrected chi connectivity index (χ4v) is 3.06. The van der Waals surface area contributed by atoms with Crippen LogP contribution in [0, 0.1) is 0 Å². The van der Waals surface area contributed by atoms with Crippen molar-refractivity contribution in [3.05, 3.63) is 59.1 Å². The van der Waals surface area contributed by atoms with Crippen LogP contribution in [0.4, 0.5) is 10.5 Å². The predicted octanol–water partition coefficient (Wildman–Crippen LogP) is 4.10. The molecule has 7 heteroatoms. The highest BCUT2D eigenvalue weighted by atomic mass is 35.5. The van der Waals surface area contributed by atoms with Crippen molar-refractivity contribution in [1.29, 1.82) is 0 Å². The van der Waals surface area contributed by atoms with E-state index in [2.05, 4.69) is 5.32 Å². The van der Waals surface area contributed by atoms with Crippen molar-refractivity contribution >= 4 is 23.3 Å². The largest absolute Gasteiger partial charge is 0.492 e. The van der Waals surface area contributed by atoms with E-state index in [1.807, 2.05) is 30.3 Å². The minimum Gasteiger partial charge on any atom is -0.492 e. The number of amides is 2. The second-order valence-electron chi connectivity index (χ2n) is 6.38. The molecular formula is C20H23ClN2O4. The van der Waals surface area contributed by atoms with Gasteiger partial charge in [0.2, 0.25) is 0 Å². The Hall–Kier alpha value is -2.28. The van der Waals surface area contributed by atoms with E-state index in [-0.39, 0.29) is 6.03 Å². The molecule has 144 valence electrons. The van der Waals surface area contributed by atoms with E-state index in [0.717, 1.165) is 5.56 Å². The lowest BCUT2D eigenvalue weighted by atomic mass is 10.0. The van der Waals surface area contributed by atoms with Gasteiger partial charge in [0.15, 0.2) is 5.79 Å². The molecule has 2 aromatic carbocycles. The molecule has 27 heavy (non-hydrogen) atoms. The van der Waals surface area contributed by atoms with Crippen LogP contribution in [0.25, 0.3) is 0 Å². The van der Waals surface area contributed by atoms with Gasteiger partial charge in [-0.3, -0.25) is 0 Å². The van der Waals surface area contributed by atoms with Crippen LogP contribution in [0.15, 0.2) is 48.5 Å². The summed E-state index contributed by atoms with van der Waals surface area (Å²) in [5.74, 6) is -0.242. The molecule has 0 unspecified atom stereocenters. The molecule has 1 saturated heterocycles. The fraction of sp³-hybridized carbons (Fsp3) is 0.350. The number of carbonyl (C=O) groups is 1. The zero-order valence-corrected chi connectivity index (χ0v) is 16.2. The smallest absolute Gasteiger partial charge is 0.321 e. The number of nitrogens with one attached hydrogen (secondary N) is 1. The summed E-state index contributed by atoms with van der Waals surface area (Å²) in [4.78, 5) is 13.2. The Morgan fingerprint density at radius 1 is 1.19 bits per heavy atom. The SMILES string of the molecule is CN(C)C(=O)Nc1ccc(OCCC2(c3ccccc3)OCCO2)c(Cl)c1. The van der Waals surface area contributed by atoms with E-state index in [0.29, 0.717) is 42.7 Å². The standard InChI is InChI=1S/C20H23ClN2O4/c1-23(2)19(24)22-16-8-9-18(17(21)14-16)25-11-10-20(26-12-13-27-20)15-6-4-3-5-7-15/h3-9,14H,10-13H2,1-2H3,(H,22,24). The first-order valence-electron chi connectivity index (χ1n) is 8.74. The van der Waals surface area contributed by atoms with E-state index in [1.165, 1.54) is 4.90 Å². The van der Waals surface area contributed by atoms with Crippen LogP contribution in [0.3, 0.4) is 0 Å². The Morgan fingerprint density at radius 2 is 1.89 bits per heavy atom. The van der Waals surface area contributed by atoms with Gasteiger partial charge < -0.3 is 24.4 Å². The first kappa shape index (κ1) is 19.5. The first-order chi connectivity index (χ1) is 13.0. The Labute approximate surface area is 164 Å². The molecule has 6 nitrogen and oxygen atoms in total. The molecule has 1 fully saturated rings. The van der Waals surface area contributed by atoms with E-state index >= 15 is 0 Å². The van der Waals surface area contributed by atoms with Crippen LogP contribution >= 0.6 is 11.6 Å². The Balaban J connectivity index is 1.62. The van der Waals surface area contributed by atoms with Gasteiger partial charge in [0.25, 0.3) is 0 Å². The second-order valence-corrected chi connectivity index (χ2v) is 6.79. The Kier molecular flexibility index (Phi) is 6.21. The van der Waals surface area contributed by atoms with Crippen molar-refractivity contribution in [3.8, 4) is 5.75 Å². The number of benzene rings is 2. The highest BCUT2D eigenvalue weighted by Gasteiger charge is 2.38. The number of nitrogens with zero attached hydrogens (tertiary/aromatic N) is 1. The second kappa shape index (κ2) is 8.61. The number of ether oxygens (including phenoxy) is 3. The van der Waals surface area contributed by atoms with Crippen LogP contribution in [-0.4, -0.2) is 44.8 Å². The molecule has 0 atom stereocenters. The molecule has 0 spiro atoms. The van der Waals surface area contributed by atoms with E-state index in [4.69, 9.17) is 25.8 Å². The summed E-state index contributed by atoms with van der Waals surface area (Å²) in [6, 6.07) is 14.8. The number of halogens is 1. The van der Waals surface area contributed by atoms with Crippen LogP contribution in [0.5, 0.6) is 5.75 Å². The average Bonchev–Trinajstić information content (AvgIpc) is 3.14. The number of hydrogen-bond acceptors (Lipinski definition) is 4. The summed E-state index contributed by atoms with van der Waals surface area (Å²) in [5.41, 5.74) is 1.58. The molecule has 0 bridgehead atoms. The lowest BCUT2D eigenvalue weighted by molar-refractivity contribution is -0.174.